The normalized spacial score (nSPS) is 11.2. The first kappa shape index (κ1) is 17.7. The zero-order valence-electron chi connectivity index (χ0n) is 12.1. The fourth-order valence-corrected chi connectivity index (χ4v) is 2.35. The second kappa shape index (κ2) is 7.63. The predicted octanol–water partition coefficient (Wildman–Crippen LogP) is 1.67. The number of benzene rings is 1. The van der Waals surface area contributed by atoms with Gasteiger partial charge in [-0.2, -0.15) is 8.42 Å². The smallest absolute Gasteiger partial charge is 0.306 e. The molecule has 0 aromatic heterocycles. The van der Waals surface area contributed by atoms with Crippen molar-refractivity contribution < 1.29 is 22.1 Å². The van der Waals surface area contributed by atoms with Gasteiger partial charge in [-0.1, -0.05) is 11.6 Å². The van der Waals surface area contributed by atoms with Crippen LogP contribution in [0.3, 0.4) is 0 Å². The molecule has 118 valence electrons. The van der Waals surface area contributed by atoms with E-state index in [4.69, 9.17) is 20.5 Å². The van der Waals surface area contributed by atoms with Gasteiger partial charge in [0.05, 0.1) is 12.9 Å². The van der Waals surface area contributed by atoms with Crippen molar-refractivity contribution in [2.24, 2.45) is 0 Å². The van der Waals surface area contributed by atoms with E-state index in [-0.39, 0.29) is 18.2 Å². The van der Waals surface area contributed by atoms with Gasteiger partial charge in [-0.05, 0) is 18.2 Å². The second-order valence-electron chi connectivity index (χ2n) is 4.47. The van der Waals surface area contributed by atoms with Crippen LogP contribution in [0.4, 0.5) is 0 Å². The lowest BCUT2D eigenvalue weighted by Gasteiger charge is -2.22. The van der Waals surface area contributed by atoms with E-state index in [1.165, 1.54) is 31.1 Å². The van der Waals surface area contributed by atoms with Crippen molar-refractivity contribution in [1.29, 1.82) is 0 Å². The van der Waals surface area contributed by atoms with Crippen LogP contribution in [0.15, 0.2) is 18.2 Å². The predicted molar refractivity (Wildman–Crippen MR) is 79.9 cm³/mol. The minimum atomic E-state index is -3.66. The summed E-state index contributed by atoms with van der Waals surface area (Å²) in [7, 11) is -2.12. The highest BCUT2D eigenvalue weighted by Crippen LogP contribution is 2.25. The summed E-state index contributed by atoms with van der Waals surface area (Å²) in [5.74, 6) is 0.00268. The number of halogens is 1. The second-order valence-corrected chi connectivity index (χ2v) is 6.48. The van der Waals surface area contributed by atoms with Gasteiger partial charge in [0.25, 0.3) is 0 Å². The van der Waals surface area contributed by atoms with Gasteiger partial charge in [0.2, 0.25) is 5.91 Å². The molecule has 21 heavy (non-hydrogen) atoms. The summed E-state index contributed by atoms with van der Waals surface area (Å²) in [4.78, 5) is 13.1. The molecule has 1 aromatic rings. The fraction of sp³-hybridized carbons (Fsp3) is 0.462. The molecule has 6 nitrogen and oxygen atoms in total. The summed E-state index contributed by atoms with van der Waals surface area (Å²) >= 11 is 5.92. The molecule has 0 aliphatic carbocycles. The molecular formula is C13H18ClNO5S. The van der Waals surface area contributed by atoms with E-state index in [2.05, 4.69) is 0 Å². The van der Waals surface area contributed by atoms with Crippen LogP contribution >= 0.6 is 11.6 Å². The molecule has 0 N–H and O–H groups in total. The van der Waals surface area contributed by atoms with Gasteiger partial charge in [-0.25, -0.2) is 0 Å². The summed E-state index contributed by atoms with van der Waals surface area (Å²) < 4.78 is 32.4. The molecule has 8 heteroatoms. The van der Waals surface area contributed by atoms with Crippen molar-refractivity contribution in [1.82, 2.24) is 4.90 Å². The van der Waals surface area contributed by atoms with E-state index < -0.39 is 10.1 Å². The Morgan fingerprint density at radius 2 is 2.05 bits per heavy atom. The summed E-state index contributed by atoms with van der Waals surface area (Å²) in [5, 5.41) is 0.432. The Morgan fingerprint density at radius 1 is 1.38 bits per heavy atom. The topological polar surface area (TPSA) is 72.9 Å². The van der Waals surface area contributed by atoms with Gasteiger partial charge in [-0.3, -0.25) is 4.79 Å². The summed E-state index contributed by atoms with van der Waals surface area (Å²) in [6.07, 6.45) is 0.957. The van der Waals surface area contributed by atoms with Crippen LogP contribution in [-0.4, -0.2) is 45.7 Å². The van der Waals surface area contributed by atoms with Crippen LogP contribution in [0.1, 0.15) is 12.5 Å². The number of carbonyl (C=O) groups is 1. The molecule has 0 fully saturated rings. The van der Waals surface area contributed by atoms with Gasteiger partial charge in [0, 0.05) is 37.7 Å². The van der Waals surface area contributed by atoms with E-state index in [0.717, 1.165) is 6.26 Å². The first-order valence-electron chi connectivity index (χ1n) is 6.15. The summed E-state index contributed by atoms with van der Waals surface area (Å²) in [6.45, 7) is 2.38. The summed E-state index contributed by atoms with van der Waals surface area (Å²) in [5.41, 5.74) is 0.513. The molecular weight excluding hydrogens is 318 g/mol. The molecule has 0 unspecified atom stereocenters. The third-order valence-electron chi connectivity index (χ3n) is 2.64. The van der Waals surface area contributed by atoms with E-state index in [1.54, 1.807) is 6.07 Å². The summed E-state index contributed by atoms with van der Waals surface area (Å²) in [6, 6.07) is 4.57. The fourth-order valence-electron chi connectivity index (χ4n) is 1.67. The highest BCUT2D eigenvalue weighted by molar-refractivity contribution is 7.86. The zero-order chi connectivity index (χ0) is 16.0. The van der Waals surface area contributed by atoms with Gasteiger partial charge in [0.15, 0.2) is 0 Å². The number of hydrogen-bond donors (Lipinski definition) is 0. The largest absolute Gasteiger partial charge is 0.383 e. The van der Waals surface area contributed by atoms with Crippen LogP contribution in [0.2, 0.25) is 5.02 Å². The maximum absolute atomic E-state index is 11.6. The molecule has 0 spiro atoms. The lowest BCUT2D eigenvalue weighted by atomic mass is 10.2. The number of ether oxygens (including phenoxy) is 1. The van der Waals surface area contributed by atoms with Gasteiger partial charge < -0.3 is 13.8 Å². The highest BCUT2D eigenvalue weighted by atomic mass is 35.5. The molecule has 0 radical (unpaired) electrons. The standard InChI is InChI=1S/C13H18ClNO5S/c1-10(16)15(6-7-19-2)9-11-8-12(14)4-5-13(11)20-21(3,17)18/h4-5,8H,6-7,9H2,1-3H3. The molecule has 0 atom stereocenters. The maximum atomic E-state index is 11.6. The SMILES string of the molecule is COCCN(Cc1cc(Cl)ccc1OS(C)(=O)=O)C(C)=O. The Bertz CT molecular complexity index is 603. The lowest BCUT2D eigenvalue weighted by molar-refractivity contribution is -0.130. The first-order valence-corrected chi connectivity index (χ1v) is 8.34. The van der Waals surface area contributed by atoms with Gasteiger partial charge >= 0.3 is 10.1 Å². The Balaban J connectivity index is 3.03. The van der Waals surface area contributed by atoms with Crippen molar-refractivity contribution >= 4 is 27.6 Å². The third-order valence-corrected chi connectivity index (χ3v) is 3.35. The molecule has 0 bridgehead atoms. The molecule has 1 aromatic carbocycles. The van der Waals surface area contributed by atoms with E-state index in [0.29, 0.717) is 23.7 Å². The number of amides is 1. The molecule has 0 aliphatic heterocycles. The van der Waals surface area contributed by atoms with Crippen molar-refractivity contribution in [2.45, 2.75) is 13.5 Å². The average Bonchev–Trinajstić information content (AvgIpc) is 2.35. The first-order chi connectivity index (χ1) is 9.73. The quantitative estimate of drug-likeness (QED) is 0.709. The third kappa shape index (κ3) is 6.33. The van der Waals surface area contributed by atoms with Crippen LogP contribution in [0.25, 0.3) is 0 Å². The molecule has 0 aliphatic rings. The van der Waals surface area contributed by atoms with E-state index in [9.17, 15) is 13.2 Å². The Morgan fingerprint density at radius 3 is 2.57 bits per heavy atom. The van der Waals surface area contributed by atoms with Crippen molar-refractivity contribution in [3.05, 3.63) is 28.8 Å². The number of methoxy groups -OCH3 is 1. The molecule has 0 heterocycles. The Labute approximate surface area is 129 Å². The van der Waals surface area contributed by atoms with E-state index in [1.807, 2.05) is 0 Å². The monoisotopic (exact) mass is 335 g/mol. The van der Waals surface area contributed by atoms with Crippen molar-refractivity contribution in [2.75, 3.05) is 26.5 Å². The molecule has 0 saturated carbocycles. The van der Waals surface area contributed by atoms with Crippen LogP contribution < -0.4 is 4.18 Å². The minimum Gasteiger partial charge on any atom is -0.383 e. The molecule has 1 amide bonds. The minimum absolute atomic E-state index is 0.155. The lowest BCUT2D eigenvalue weighted by Crippen LogP contribution is -2.31. The van der Waals surface area contributed by atoms with Crippen LogP contribution in [0.5, 0.6) is 5.75 Å². The Hall–Kier alpha value is -1.31. The van der Waals surface area contributed by atoms with Gasteiger partial charge in [-0.15, -0.1) is 0 Å². The Kier molecular flexibility index (Phi) is 6.44. The number of nitrogens with zero attached hydrogens (tertiary/aromatic N) is 1. The number of carbonyl (C=O) groups excluding carboxylic acids is 1. The molecule has 1 rings (SSSR count). The highest BCUT2D eigenvalue weighted by Gasteiger charge is 2.15. The van der Waals surface area contributed by atoms with Crippen molar-refractivity contribution in [3.63, 3.8) is 0 Å². The maximum Gasteiger partial charge on any atom is 0.306 e. The van der Waals surface area contributed by atoms with Crippen molar-refractivity contribution in [3.8, 4) is 5.75 Å². The molecule has 0 saturated heterocycles. The van der Waals surface area contributed by atoms with Crippen LogP contribution in [-0.2, 0) is 26.2 Å². The van der Waals surface area contributed by atoms with Gasteiger partial charge in [0.1, 0.15) is 5.75 Å². The zero-order valence-corrected chi connectivity index (χ0v) is 13.7. The van der Waals surface area contributed by atoms with Crippen LogP contribution in [0, 0.1) is 0 Å². The van der Waals surface area contributed by atoms with E-state index >= 15 is 0 Å². The average molecular weight is 336 g/mol. The number of hydrogen-bond acceptors (Lipinski definition) is 5. The number of rotatable bonds is 7.